The van der Waals surface area contributed by atoms with E-state index in [1.54, 1.807) is 33.2 Å². The Labute approximate surface area is 146 Å². The van der Waals surface area contributed by atoms with Crippen LogP contribution in [0.15, 0.2) is 35.4 Å². The van der Waals surface area contributed by atoms with E-state index in [1.807, 2.05) is 0 Å². The molecule has 0 aliphatic heterocycles. The number of rotatable bonds is 5. The van der Waals surface area contributed by atoms with Crippen molar-refractivity contribution >= 4 is 33.3 Å². The zero-order chi connectivity index (χ0) is 18.1. The number of nitrogens with zero attached hydrogens (tertiary/aromatic N) is 3. The average Bonchev–Trinajstić information content (AvgIpc) is 2.91. The Hall–Kier alpha value is -1.90. The summed E-state index contributed by atoms with van der Waals surface area (Å²) >= 11 is 6.06. The zero-order valence-corrected chi connectivity index (χ0v) is 15.4. The smallest absolute Gasteiger partial charge is 0.258 e. The van der Waals surface area contributed by atoms with Gasteiger partial charge in [-0.15, -0.1) is 0 Å². The molecule has 1 aromatic carbocycles. The Morgan fingerprint density at radius 2 is 2.00 bits per heavy atom. The monoisotopic (exact) mass is 370 g/mol. The maximum Gasteiger partial charge on any atom is 0.258 e. The standard InChI is InChI=1S/C15H19ClN4O3S/c1-10(2)20(4)24(22,23)11-5-6-13(16)12(9-11)15(21)17-14-7-8-19(3)18-14/h5-10H,1-4H3,(H,17,18,21). The van der Waals surface area contributed by atoms with Crippen molar-refractivity contribution in [2.24, 2.45) is 7.05 Å². The molecule has 1 amide bonds. The van der Waals surface area contributed by atoms with E-state index in [0.29, 0.717) is 5.82 Å². The Balaban J connectivity index is 2.36. The first-order valence-corrected chi connectivity index (χ1v) is 9.03. The van der Waals surface area contributed by atoms with Gasteiger partial charge in [0.25, 0.3) is 5.91 Å². The van der Waals surface area contributed by atoms with Crippen LogP contribution in [0.4, 0.5) is 5.82 Å². The summed E-state index contributed by atoms with van der Waals surface area (Å²) in [5.41, 5.74) is 0.0700. The van der Waals surface area contributed by atoms with Gasteiger partial charge in [0.05, 0.1) is 15.5 Å². The lowest BCUT2D eigenvalue weighted by molar-refractivity contribution is 0.102. The molecule has 0 unspecified atom stereocenters. The fourth-order valence-corrected chi connectivity index (χ4v) is 3.55. The van der Waals surface area contributed by atoms with E-state index < -0.39 is 15.9 Å². The normalized spacial score (nSPS) is 12.0. The first-order chi connectivity index (χ1) is 11.1. The number of nitrogens with one attached hydrogen (secondary N) is 1. The lowest BCUT2D eigenvalue weighted by Gasteiger charge is -2.21. The molecule has 1 N–H and O–H groups in total. The van der Waals surface area contributed by atoms with E-state index in [4.69, 9.17) is 11.6 Å². The van der Waals surface area contributed by atoms with Crippen molar-refractivity contribution in [2.45, 2.75) is 24.8 Å². The number of carbonyl (C=O) groups excluding carboxylic acids is 1. The van der Waals surface area contributed by atoms with Crippen molar-refractivity contribution in [1.29, 1.82) is 0 Å². The van der Waals surface area contributed by atoms with Crippen molar-refractivity contribution in [1.82, 2.24) is 14.1 Å². The fraction of sp³-hybridized carbons (Fsp3) is 0.333. The quantitative estimate of drug-likeness (QED) is 0.875. The summed E-state index contributed by atoms with van der Waals surface area (Å²) in [6.07, 6.45) is 1.68. The molecule has 24 heavy (non-hydrogen) atoms. The van der Waals surface area contributed by atoms with Gasteiger partial charge in [-0.2, -0.15) is 9.40 Å². The van der Waals surface area contributed by atoms with Gasteiger partial charge in [-0.05, 0) is 32.0 Å². The molecule has 0 atom stereocenters. The molecule has 0 radical (unpaired) electrons. The van der Waals surface area contributed by atoms with Crippen LogP contribution >= 0.6 is 11.6 Å². The fourth-order valence-electron chi connectivity index (χ4n) is 1.95. The SMILES string of the molecule is CC(C)N(C)S(=O)(=O)c1ccc(Cl)c(C(=O)Nc2ccn(C)n2)c1. The highest BCUT2D eigenvalue weighted by atomic mass is 35.5. The molecule has 0 aliphatic carbocycles. The molecule has 1 aromatic heterocycles. The van der Waals surface area contributed by atoms with Gasteiger partial charge in [-0.3, -0.25) is 9.48 Å². The Kier molecular flexibility index (Phi) is 5.32. The number of carbonyl (C=O) groups is 1. The number of hydrogen-bond donors (Lipinski definition) is 1. The third-order valence-electron chi connectivity index (χ3n) is 3.54. The van der Waals surface area contributed by atoms with Crippen LogP contribution in [0.3, 0.4) is 0 Å². The highest BCUT2D eigenvalue weighted by Gasteiger charge is 2.25. The Bertz CT molecular complexity index is 861. The molecule has 0 spiro atoms. The molecule has 2 aromatic rings. The van der Waals surface area contributed by atoms with Gasteiger partial charge < -0.3 is 5.32 Å². The van der Waals surface area contributed by atoms with E-state index in [9.17, 15) is 13.2 Å². The van der Waals surface area contributed by atoms with Gasteiger partial charge in [0.15, 0.2) is 5.82 Å². The summed E-state index contributed by atoms with van der Waals surface area (Å²) in [5, 5.41) is 6.79. The molecule has 0 saturated heterocycles. The van der Waals surface area contributed by atoms with Gasteiger partial charge in [-0.25, -0.2) is 8.42 Å². The molecule has 0 bridgehead atoms. The largest absolute Gasteiger partial charge is 0.305 e. The maximum atomic E-state index is 12.6. The van der Waals surface area contributed by atoms with Crippen LogP contribution in [0.25, 0.3) is 0 Å². The number of halogens is 1. The predicted octanol–water partition coefficient (Wildman–Crippen LogP) is 2.35. The Morgan fingerprint density at radius 3 is 2.54 bits per heavy atom. The first-order valence-electron chi connectivity index (χ1n) is 7.21. The number of hydrogen-bond acceptors (Lipinski definition) is 4. The summed E-state index contributed by atoms with van der Waals surface area (Å²) in [5.74, 6) is -0.172. The van der Waals surface area contributed by atoms with E-state index >= 15 is 0 Å². The zero-order valence-electron chi connectivity index (χ0n) is 13.8. The number of aryl methyl sites for hydroxylation is 1. The van der Waals surface area contributed by atoms with Crippen LogP contribution in [-0.4, -0.2) is 41.5 Å². The molecule has 0 saturated carbocycles. The molecule has 0 fully saturated rings. The molecular weight excluding hydrogens is 352 g/mol. The summed E-state index contributed by atoms with van der Waals surface area (Å²) < 4.78 is 27.9. The summed E-state index contributed by atoms with van der Waals surface area (Å²) in [6, 6.07) is 5.47. The van der Waals surface area contributed by atoms with Crippen LogP contribution in [0, 0.1) is 0 Å². The van der Waals surface area contributed by atoms with Crippen molar-refractivity contribution in [3.63, 3.8) is 0 Å². The van der Waals surface area contributed by atoms with Gasteiger partial charge in [0.2, 0.25) is 10.0 Å². The third-order valence-corrected chi connectivity index (χ3v) is 5.90. The van der Waals surface area contributed by atoms with Crippen LogP contribution < -0.4 is 5.32 Å². The van der Waals surface area contributed by atoms with Crippen molar-refractivity contribution in [3.8, 4) is 0 Å². The lowest BCUT2D eigenvalue weighted by atomic mass is 10.2. The summed E-state index contributed by atoms with van der Waals surface area (Å²) in [6.45, 7) is 3.53. The summed E-state index contributed by atoms with van der Waals surface area (Å²) in [4.78, 5) is 12.4. The van der Waals surface area contributed by atoms with Gasteiger partial charge >= 0.3 is 0 Å². The van der Waals surface area contributed by atoms with Gasteiger partial charge in [-0.1, -0.05) is 11.6 Å². The van der Waals surface area contributed by atoms with E-state index in [2.05, 4.69) is 10.4 Å². The summed E-state index contributed by atoms with van der Waals surface area (Å²) in [7, 11) is -0.497. The highest BCUT2D eigenvalue weighted by Crippen LogP contribution is 2.24. The first kappa shape index (κ1) is 18.4. The van der Waals surface area contributed by atoms with Crippen LogP contribution in [-0.2, 0) is 17.1 Å². The highest BCUT2D eigenvalue weighted by molar-refractivity contribution is 7.89. The molecule has 9 heteroatoms. The Morgan fingerprint density at radius 1 is 1.33 bits per heavy atom. The number of aromatic nitrogens is 2. The number of sulfonamides is 1. The molecule has 130 valence electrons. The second-order valence-electron chi connectivity index (χ2n) is 5.59. The minimum Gasteiger partial charge on any atom is -0.305 e. The molecule has 2 rings (SSSR count). The molecular formula is C15H19ClN4O3S. The third kappa shape index (κ3) is 3.77. The van der Waals surface area contributed by atoms with Crippen LogP contribution in [0.5, 0.6) is 0 Å². The van der Waals surface area contributed by atoms with Crippen molar-refractivity contribution in [2.75, 3.05) is 12.4 Å². The lowest BCUT2D eigenvalue weighted by Crippen LogP contribution is -2.33. The second-order valence-corrected chi connectivity index (χ2v) is 7.99. The average molecular weight is 371 g/mol. The van der Waals surface area contributed by atoms with Gasteiger partial charge in [0.1, 0.15) is 0 Å². The van der Waals surface area contributed by atoms with Crippen LogP contribution in [0.1, 0.15) is 24.2 Å². The number of benzene rings is 1. The van der Waals surface area contributed by atoms with E-state index in [-0.39, 0.29) is 21.5 Å². The van der Waals surface area contributed by atoms with Crippen molar-refractivity contribution in [3.05, 3.63) is 41.0 Å². The number of amides is 1. The van der Waals surface area contributed by atoms with Gasteiger partial charge in [0, 0.05) is 32.4 Å². The minimum absolute atomic E-state index is 0.00858. The maximum absolute atomic E-state index is 12.6. The molecule has 7 nitrogen and oxygen atoms in total. The number of anilines is 1. The van der Waals surface area contributed by atoms with E-state index in [1.165, 1.54) is 34.2 Å². The molecule has 1 heterocycles. The minimum atomic E-state index is -3.70. The topological polar surface area (TPSA) is 84.3 Å². The molecule has 0 aliphatic rings. The second kappa shape index (κ2) is 6.92. The van der Waals surface area contributed by atoms with Crippen LogP contribution in [0.2, 0.25) is 5.02 Å². The predicted molar refractivity (Wildman–Crippen MR) is 92.7 cm³/mol. The van der Waals surface area contributed by atoms with Crippen molar-refractivity contribution < 1.29 is 13.2 Å². The van der Waals surface area contributed by atoms with E-state index in [0.717, 1.165) is 0 Å².